The molecule has 1 saturated heterocycles. The summed E-state index contributed by atoms with van der Waals surface area (Å²) in [5.41, 5.74) is 2.46. The van der Waals surface area contributed by atoms with Crippen LogP contribution in [0.15, 0.2) is 24.5 Å². The van der Waals surface area contributed by atoms with Crippen molar-refractivity contribution in [2.24, 2.45) is 5.92 Å². The summed E-state index contributed by atoms with van der Waals surface area (Å²) in [7, 11) is 1.41. The average molecular weight is 514 g/mol. The molecule has 2 N–H and O–H groups in total. The van der Waals surface area contributed by atoms with Gasteiger partial charge in [-0.25, -0.2) is 18.7 Å². The molecular formula is C26H29F2N5O4. The fraction of sp³-hybridized carbons (Fsp3) is 0.462. The Morgan fingerprint density at radius 2 is 2.05 bits per heavy atom. The van der Waals surface area contributed by atoms with Crippen LogP contribution in [0.2, 0.25) is 0 Å². The van der Waals surface area contributed by atoms with E-state index in [0.29, 0.717) is 52.8 Å². The molecule has 2 fully saturated rings. The quantitative estimate of drug-likeness (QED) is 0.479. The molecule has 1 aliphatic carbocycles. The molecule has 2 aliphatic rings. The van der Waals surface area contributed by atoms with Crippen LogP contribution in [-0.2, 0) is 9.53 Å². The van der Waals surface area contributed by atoms with Crippen LogP contribution in [0.25, 0.3) is 22.3 Å². The summed E-state index contributed by atoms with van der Waals surface area (Å²) in [6.45, 7) is 2.35. The van der Waals surface area contributed by atoms with Crippen molar-refractivity contribution in [3.05, 3.63) is 41.6 Å². The second-order valence-corrected chi connectivity index (χ2v) is 9.62. The van der Waals surface area contributed by atoms with Crippen molar-refractivity contribution in [1.29, 1.82) is 0 Å². The standard InChI is InChI=1S/C26H29F2N5O4/c1-14-22(26(35)32-19-7-8-33(10-18(19)28)21(34)12-36-2)24-25(31-14)23(29-13-30-24)17-9-16(27)5-6-20(17)37-11-15-3-4-15/h5-6,9,13,15,18-19,31H,3-4,7-8,10-12H2,1-2H3,(H,32,35)/t18-,19+/m1/s1. The molecule has 0 bridgehead atoms. The second-order valence-electron chi connectivity index (χ2n) is 9.62. The third-order valence-corrected chi connectivity index (χ3v) is 6.85. The predicted octanol–water partition coefficient (Wildman–Crippen LogP) is 3.18. The van der Waals surface area contributed by atoms with Crippen LogP contribution in [-0.4, -0.2) is 77.3 Å². The number of piperidine rings is 1. The molecule has 0 spiro atoms. The number of aromatic amines is 1. The van der Waals surface area contributed by atoms with Gasteiger partial charge in [-0.15, -0.1) is 0 Å². The number of H-pyrrole nitrogens is 1. The number of likely N-dealkylation sites (tertiary alicyclic amines) is 1. The first-order valence-corrected chi connectivity index (χ1v) is 12.3. The normalized spacial score (nSPS) is 19.7. The zero-order chi connectivity index (χ0) is 26.1. The van der Waals surface area contributed by atoms with Crippen molar-refractivity contribution in [2.45, 2.75) is 38.4 Å². The number of ether oxygens (including phenoxy) is 2. The number of methoxy groups -OCH3 is 1. The highest BCUT2D eigenvalue weighted by atomic mass is 19.1. The van der Waals surface area contributed by atoms with E-state index in [2.05, 4.69) is 20.3 Å². The molecule has 1 saturated carbocycles. The van der Waals surface area contributed by atoms with Gasteiger partial charge in [0.15, 0.2) is 0 Å². The highest BCUT2D eigenvalue weighted by Crippen LogP contribution is 2.36. The van der Waals surface area contributed by atoms with Gasteiger partial charge in [0.25, 0.3) is 5.91 Å². The molecule has 196 valence electrons. The minimum Gasteiger partial charge on any atom is -0.493 e. The minimum absolute atomic E-state index is 0.112. The molecule has 2 aromatic heterocycles. The molecule has 11 heteroatoms. The highest BCUT2D eigenvalue weighted by molar-refractivity contribution is 6.09. The smallest absolute Gasteiger partial charge is 0.255 e. The summed E-state index contributed by atoms with van der Waals surface area (Å²) >= 11 is 0. The van der Waals surface area contributed by atoms with E-state index < -0.39 is 23.9 Å². The van der Waals surface area contributed by atoms with E-state index in [1.807, 2.05) is 0 Å². The molecule has 0 radical (unpaired) electrons. The molecule has 1 aliphatic heterocycles. The van der Waals surface area contributed by atoms with E-state index in [1.54, 1.807) is 13.0 Å². The van der Waals surface area contributed by atoms with Gasteiger partial charge in [-0.2, -0.15) is 0 Å². The lowest BCUT2D eigenvalue weighted by atomic mass is 10.0. The molecule has 9 nitrogen and oxygen atoms in total. The number of rotatable bonds is 8. The van der Waals surface area contributed by atoms with E-state index in [9.17, 15) is 18.4 Å². The van der Waals surface area contributed by atoms with Gasteiger partial charge in [-0.3, -0.25) is 9.59 Å². The van der Waals surface area contributed by atoms with Gasteiger partial charge in [0.1, 0.15) is 41.9 Å². The number of aryl methyl sites for hydroxylation is 1. The lowest BCUT2D eigenvalue weighted by Gasteiger charge is -2.35. The summed E-state index contributed by atoms with van der Waals surface area (Å²) in [6.07, 6.45) is 2.40. The number of alkyl halides is 1. The van der Waals surface area contributed by atoms with E-state index in [-0.39, 0.29) is 31.0 Å². The van der Waals surface area contributed by atoms with Gasteiger partial charge in [-0.1, -0.05) is 0 Å². The summed E-state index contributed by atoms with van der Waals surface area (Å²) < 4.78 is 39.9. The maximum absolute atomic E-state index is 14.9. The number of nitrogens with zero attached hydrogens (tertiary/aromatic N) is 3. The molecule has 3 aromatic rings. The summed E-state index contributed by atoms with van der Waals surface area (Å²) in [6, 6.07) is 3.52. The Morgan fingerprint density at radius 1 is 1.24 bits per heavy atom. The SMILES string of the molecule is COCC(=O)N1CC[C@H](NC(=O)c2c(C)[nH]c3c(-c4cc(F)ccc4OCC4CC4)ncnc23)[C@H](F)C1. The monoisotopic (exact) mass is 513 g/mol. The fourth-order valence-corrected chi connectivity index (χ4v) is 4.66. The molecular weight excluding hydrogens is 484 g/mol. The van der Waals surface area contributed by atoms with Crippen molar-refractivity contribution in [2.75, 3.05) is 33.4 Å². The van der Waals surface area contributed by atoms with Crippen LogP contribution in [0.4, 0.5) is 8.78 Å². The van der Waals surface area contributed by atoms with Crippen molar-refractivity contribution in [1.82, 2.24) is 25.2 Å². The lowest BCUT2D eigenvalue weighted by Crippen LogP contribution is -2.54. The Balaban J connectivity index is 1.40. The topological polar surface area (TPSA) is 109 Å². The third kappa shape index (κ3) is 5.27. The third-order valence-electron chi connectivity index (χ3n) is 6.85. The lowest BCUT2D eigenvalue weighted by molar-refractivity contribution is -0.137. The number of fused-ring (bicyclic) bond motifs is 1. The number of hydrogen-bond acceptors (Lipinski definition) is 6. The second kappa shape index (κ2) is 10.4. The number of nitrogens with one attached hydrogen (secondary N) is 2. The fourth-order valence-electron chi connectivity index (χ4n) is 4.66. The average Bonchev–Trinajstić information content (AvgIpc) is 3.64. The van der Waals surface area contributed by atoms with Gasteiger partial charge in [0, 0.05) is 24.9 Å². The van der Waals surface area contributed by atoms with Gasteiger partial charge >= 0.3 is 0 Å². The summed E-state index contributed by atoms with van der Waals surface area (Å²) in [5, 5.41) is 2.77. The number of hydrogen-bond donors (Lipinski definition) is 2. The van der Waals surface area contributed by atoms with Crippen molar-refractivity contribution >= 4 is 22.8 Å². The van der Waals surface area contributed by atoms with Crippen LogP contribution >= 0.6 is 0 Å². The summed E-state index contributed by atoms with van der Waals surface area (Å²) in [4.78, 5) is 38.5. The van der Waals surface area contributed by atoms with Gasteiger partial charge in [-0.05, 0) is 50.3 Å². The van der Waals surface area contributed by atoms with Crippen molar-refractivity contribution in [3.63, 3.8) is 0 Å². The number of carbonyl (C=O) groups is 2. The zero-order valence-electron chi connectivity index (χ0n) is 20.7. The summed E-state index contributed by atoms with van der Waals surface area (Å²) in [5.74, 6) is -0.199. The predicted molar refractivity (Wildman–Crippen MR) is 131 cm³/mol. The maximum atomic E-state index is 14.9. The van der Waals surface area contributed by atoms with Gasteiger partial charge in [0.05, 0.1) is 30.3 Å². The Kier molecular flexibility index (Phi) is 7.05. The largest absolute Gasteiger partial charge is 0.493 e. The molecule has 2 atom stereocenters. The minimum atomic E-state index is -1.42. The Morgan fingerprint density at radius 3 is 2.78 bits per heavy atom. The number of amides is 2. The van der Waals surface area contributed by atoms with Crippen LogP contribution in [0, 0.1) is 18.7 Å². The molecule has 3 heterocycles. The number of benzene rings is 1. The van der Waals surface area contributed by atoms with Crippen molar-refractivity contribution in [3.8, 4) is 17.0 Å². The van der Waals surface area contributed by atoms with E-state index in [4.69, 9.17) is 9.47 Å². The number of carbonyl (C=O) groups excluding carboxylic acids is 2. The van der Waals surface area contributed by atoms with Gasteiger partial charge < -0.3 is 24.7 Å². The zero-order valence-corrected chi connectivity index (χ0v) is 20.7. The first kappa shape index (κ1) is 25.1. The molecule has 5 rings (SSSR count). The first-order valence-electron chi connectivity index (χ1n) is 12.3. The van der Waals surface area contributed by atoms with E-state index >= 15 is 0 Å². The molecule has 1 aromatic carbocycles. The van der Waals surface area contributed by atoms with Crippen LogP contribution in [0.1, 0.15) is 35.3 Å². The van der Waals surface area contributed by atoms with E-state index in [1.165, 1.54) is 30.5 Å². The van der Waals surface area contributed by atoms with E-state index in [0.717, 1.165) is 12.8 Å². The Bertz CT molecular complexity index is 1330. The van der Waals surface area contributed by atoms with Crippen LogP contribution in [0.5, 0.6) is 5.75 Å². The number of aromatic nitrogens is 3. The highest BCUT2D eigenvalue weighted by Gasteiger charge is 2.33. The molecule has 0 unspecified atom stereocenters. The number of halogens is 2. The van der Waals surface area contributed by atoms with Crippen LogP contribution in [0.3, 0.4) is 0 Å². The Hall–Kier alpha value is -3.60. The van der Waals surface area contributed by atoms with Crippen molar-refractivity contribution < 1.29 is 27.8 Å². The molecule has 37 heavy (non-hydrogen) atoms. The maximum Gasteiger partial charge on any atom is 0.255 e. The molecule has 2 amide bonds. The van der Waals surface area contributed by atoms with Crippen LogP contribution < -0.4 is 10.1 Å². The Labute approximate surface area is 212 Å². The van der Waals surface area contributed by atoms with Gasteiger partial charge in [0.2, 0.25) is 5.91 Å². The first-order chi connectivity index (χ1) is 17.9.